The van der Waals surface area contributed by atoms with E-state index in [2.05, 4.69) is 25.3 Å². The van der Waals surface area contributed by atoms with Crippen molar-refractivity contribution in [2.45, 2.75) is 39.2 Å². The van der Waals surface area contributed by atoms with Crippen LogP contribution in [0.2, 0.25) is 0 Å². The summed E-state index contributed by atoms with van der Waals surface area (Å²) in [6, 6.07) is 0. The number of nitrogens with one attached hydrogen (secondary N) is 1. The standard InChI is InChI=1S/C14H21N7O3/c1-2-23-14(22)11-10(9-20-7-5-3-4-6-8-20)21(19-16-11)13-12(15)17-24-18-13/h2-9H2,1H3,(H2,15,17)/p+1. The van der Waals surface area contributed by atoms with E-state index in [0.29, 0.717) is 12.2 Å². The maximum absolute atomic E-state index is 12.2. The minimum atomic E-state index is -0.497. The van der Waals surface area contributed by atoms with Crippen LogP contribution in [0.4, 0.5) is 5.82 Å². The van der Waals surface area contributed by atoms with E-state index in [-0.39, 0.29) is 23.9 Å². The van der Waals surface area contributed by atoms with Gasteiger partial charge in [0.15, 0.2) is 5.69 Å². The molecule has 0 amide bonds. The summed E-state index contributed by atoms with van der Waals surface area (Å²) in [6.07, 6.45) is 4.82. The molecule has 10 heteroatoms. The molecule has 0 unspecified atom stereocenters. The molecule has 1 aliphatic rings. The van der Waals surface area contributed by atoms with Gasteiger partial charge < -0.3 is 15.4 Å². The summed E-state index contributed by atoms with van der Waals surface area (Å²) in [7, 11) is 0. The summed E-state index contributed by atoms with van der Waals surface area (Å²) >= 11 is 0. The highest BCUT2D eigenvalue weighted by Crippen LogP contribution is 2.16. The number of nitrogens with zero attached hydrogens (tertiary/aromatic N) is 5. The molecule has 0 aromatic carbocycles. The Morgan fingerprint density at radius 3 is 2.67 bits per heavy atom. The van der Waals surface area contributed by atoms with Crippen LogP contribution in [0.15, 0.2) is 4.63 Å². The second-order valence-corrected chi connectivity index (χ2v) is 5.83. The van der Waals surface area contributed by atoms with E-state index in [9.17, 15) is 4.79 Å². The van der Waals surface area contributed by atoms with Crippen molar-refractivity contribution in [1.82, 2.24) is 25.3 Å². The van der Waals surface area contributed by atoms with Gasteiger partial charge in [-0.15, -0.1) is 5.10 Å². The molecule has 0 atom stereocenters. The fourth-order valence-electron chi connectivity index (χ4n) is 2.97. The van der Waals surface area contributed by atoms with Gasteiger partial charge in [0.2, 0.25) is 11.6 Å². The second kappa shape index (κ2) is 7.39. The number of ether oxygens (including phenoxy) is 1. The Kier molecular flexibility index (Phi) is 5.04. The van der Waals surface area contributed by atoms with Gasteiger partial charge in [0.25, 0.3) is 0 Å². The van der Waals surface area contributed by atoms with E-state index < -0.39 is 5.97 Å². The number of carbonyl (C=O) groups excluding carboxylic acids is 1. The molecule has 1 aliphatic heterocycles. The number of quaternary nitrogens is 1. The molecule has 0 saturated carbocycles. The number of nitrogen functional groups attached to an aromatic ring is 1. The van der Waals surface area contributed by atoms with E-state index in [4.69, 9.17) is 10.5 Å². The Morgan fingerprint density at radius 2 is 2.04 bits per heavy atom. The molecule has 0 spiro atoms. The SMILES string of the molecule is CCOC(=O)c1nnn(-c2nonc2N)c1C[NH+]1CCCCCC1. The smallest absolute Gasteiger partial charge is 0.361 e. The van der Waals surface area contributed by atoms with Crippen molar-refractivity contribution >= 4 is 11.8 Å². The van der Waals surface area contributed by atoms with Crippen LogP contribution in [0.25, 0.3) is 5.82 Å². The predicted octanol–water partition coefficient (Wildman–Crippen LogP) is -0.632. The van der Waals surface area contributed by atoms with Gasteiger partial charge in [0.1, 0.15) is 12.2 Å². The fraction of sp³-hybridized carbons (Fsp3) is 0.643. The molecule has 2 aromatic heterocycles. The topological polar surface area (TPSA) is 126 Å². The Morgan fingerprint density at radius 1 is 1.29 bits per heavy atom. The molecule has 1 saturated heterocycles. The van der Waals surface area contributed by atoms with Crippen LogP contribution < -0.4 is 10.6 Å². The number of carbonyl (C=O) groups is 1. The van der Waals surface area contributed by atoms with Crippen LogP contribution in [0.1, 0.15) is 48.8 Å². The molecule has 3 N–H and O–H groups in total. The number of nitrogens with two attached hydrogens (primary N) is 1. The van der Waals surface area contributed by atoms with Crippen LogP contribution in [0, 0.1) is 0 Å². The number of hydrogen-bond donors (Lipinski definition) is 2. The second-order valence-electron chi connectivity index (χ2n) is 5.83. The molecule has 130 valence electrons. The van der Waals surface area contributed by atoms with Gasteiger partial charge in [-0.05, 0) is 42.9 Å². The quantitative estimate of drug-likeness (QED) is 0.691. The third-order valence-corrected chi connectivity index (χ3v) is 4.16. The number of aromatic nitrogens is 5. The van der Waals surface area contributed by atoms with Gasteiger partial charge in [-0.25, -0.2) is 9.42 Å². The van der Waals surface area contributed by atoms with Crippen molar-refractivity contribution in [3.8, 4) is 5.82 Å². The predicted molar refractivity (Wildman–Crippen MR) is 82.5 cm³/mol. The maximum atomic E-state index is 12.2. The van der Waals surface area contributed by atoms with E-state index in [1.54, 1.807) is 6.92 Å². The average Bonchev–Trinajstić information content (AvgIpc) is 3.06. The van der Waals surface area contributed by atoms with Crippen molar-refractivity contribution in [2.75, 3.05) is 25.4 Å². The summed E-state index contributed by atoms with van der Waals surface area (Å²) in [4.78, 5) is 13.6. The van der Waals surface area contributed by atoms with Crippen molar-refractivity contribution in [3.63, 3.8) is 0 Å². The number of esters is 1. The summed E-state index contributed by atoms with van der Waals surface area (Å²) in [5, 5.41) is 15.3. The van der Waals surface area contributed by atoms with Crippen LogP contribution in [-0.2, 0) is 11.3 Å². The molecule has 3 rings (SSSR count). The zero-order chi connectivity index (χ0) is 16.9. The normalized spacial score (nSPS) is 16.0. The lowest BCUT2D eigenvalue weighted by Gasteiger charge is -2.17. The molecule has 2 aromatic rings. The summed E-state index contributed by atoms with van der Waals surface area (Å²) in [5.74, 6) is -0.160. The van der Waals surface area contributed by atoms with Crippen molar-refractivity contribution in [3.05, 3.63) is 11.4 Å². The first-order valence-electron chi connectivity index (χ1n) is 8.24. The van der Waals surface area contributed by atoms with Crippen molar-refractivity contribution in [2.24, 2.45) is 0 Å². The largest absolute Gasteiger partial charge is 0.461 e. The molecule has 0 radical (unpaired) electrons. The first kappa shape index (κ1) is 16.4. The molecule has 24 heavy (non-hydrogen) atoms. The minimum absolute atomic E-state index is 0.0995. The van der Waals surface area contributed by atoms with Gasteiger partial charge in [0.05, 0.1) is 19.7 Å². The molecule has 0 bridgehead atoms. The summed E-state index contributed by atoms with van der Waals surface area (Å²) < 4.78 is 11.2. The first-order chi connectivity index (χ1) is 11.7. The lowest BCUT2D eigenvalue weighted by molar-refractivity contribution is -0.913. The third kappa shape index (κ3) is 3.37. The number of rotatable bonds is 5. The lowest BCUT2D eigenvalue weighted by Crippen LogP contribution is -3.10. The number of hydrogen-bond acceptors (Lipinski definition) is 8. The Bertz CT molecular complexity index is 688. The van der Waals surface area contributed by atoms with Gasteiger partial charge in [-0.1, -0.05) is 5.21 Å². The van der Waals surface area contributed by atoms with E-state index in [1.807, 2.05) is 0 Å². The van der Waals surface area contributed by atoms with Gasteiger partial charge in [0, 0.05) is 0 Å². The van der Waals surface area contributed by atoms with Crippen LogP contribution in [0.3, 0.4) is 0 Å². The highest BCUT2D eigenvalue weighted by molar-refractivity contribution is 5.88. The Labute approximate surface area is 138 Å². The molecular weight excluding hydrogens is 314 g/mol. The zero-order valence-electron chi connectivity index (χ0n) is 13.7. The van der Waals surface area contributed by atoms with E-state index >= 15 is 0 Å². The average molecular weight is 336 g/mol. The zero-order valence-corrected chi connectivity index (χ0v) is 13.7. The highest BCUT2D eigenvalue weighted by Gasteiger charge is 2.28. The highest BCUT2D eigenvalue weighted by atomic mass is 16.6. The number of anilines is 1. The van der Waals surface area contributed by atoms with Crippen LogP contribution in [0.5, 0.6) is 0 Å². The van der Waals surface area contributed by atoms with E-state index in [1.165, 1.54) is 35.3 Å². The van der Waals surface area contributed by atoms with E-state index in [0.717, 1.165) is 13.1 Å². The molecule has 3 heterocycles. The summed E-state index contributed by atoms with van der Waals surface area (Å²) in [5.41, 5.74) is 6.57. The molecule has 1 fully saturated rings. The van der Waals surface area contributed by atoms with Crippen molar-refractivity contribution < 1.29 is 19.1 Å². The van der Waals surface area contributed by atoms with Crippen LogP contribution in [-0.4, -0.2) is 51.0 Å². The Balaban J connectivity index is 1.94. The first-order valence-corrected chi connectivity index (χ1v) is 8.24. The van der Waals surface area contributed by atoms with Crippen LogP contribution >= 0.6 is 0 Å². The lowest BCUT2D eigenvalue weighted by atomic mass is 10.2. The van der Waals surface area contributed by atoms with Crippen molar-refractivity contribution in [1.29, 1.82) is 0 Å². The number of likely N-dealkylation sites (tertiary alicyclic amines) is 1. The fourth-order valence-corrected chi connectivity index (χ4v) is 2.97. The van der Waals surface area contributed by atoms with Gasteiger partial charge in [-0.3, -0.25) is 0 Å². The summed E-state index contributed by atoms with van der Waals surface area (Å²) in [6.45, 7) is 4.70. The molecular formula is C14H22N7O3+. The molecule has 10 nitrogen and oxygen atoms in total. The third-order valence-electron chi connectivity index (χ3n) is 4.16. The minimum Gasteiger partial charge on any atom is -0.461 e. The molecule has 0 aliphatic carbocycles. The monoisotopic (exact) mass is 336 g/mol. The Hall–Kier alpha value is -2.49. The maximum Gasteiger partial charge on any atom is 0.361 e. The van der Waals surface area contributed by atoms with Gasteiger partial charge >= 0.3 is 5.97 Å². The van der Waals surface area contributed by atoms with Gasteiger partial charge in [-0.2, -0.15) is 4.68 Å².